The minimum absolute atomic E-state index is 0.411. The molecule has 0 fully saturated rings. The molecule has 0 unspecified atom stereocenters. The SMILES string of the molecule is CCc1nc(CC)n(-c2nc(CN)cc3ccccc23)n1. The van der Waals surface area contributed by atoms with E-state index in [0.717, 1.165) is 46.8 Å². The van der Waals surface area contributed by atoms with Gasteiger partial charge in [0.1, 0.15) is 5.82 Å². The third kappa shape index (κ3) is 2.40. The van der Waals surface area contributed by atoms with Crippen LogP contribution in [0, 0.1) is 0 Å². The number of rotatable bonds is 4. The highest BCUT2D eigenvalue weighted by Gasteiger charge is 2.14. The molecule has 1 aromatic carbocycles. The van der Waals surface area contributed by atoms with Gasteiger partial charge in [-0.2, -0.15) is 4.68 Å². The van der Waals surface area contributed by atoms with Crippen molar-refractivity contribution in [1.82, 2.24) is 19.7 Å². The number of benzene rings is 1. The second-order valence-corrected chi connectivity index (χ2v) is 4.93. The molecule has 108 valence electrons. The molecule has 2 aromatic heterocycles. The molecule has 0 radical (unpaired) electrons. The molecule has 5 nitrogen and oxygen atoms in total. The van der Waals surface area contributed by atoms with Gasteiger partial charge in [-0.1, -0.05) is 38.1 Å². The van der Waals surface area contributed by atoms with Crippen molar-refractivity contribution in [2.24, 2.45) is 5.73 Å². The average molecular weight is 281 g/mol. The fraction of sp³-hybridized carbons (Fsp3) is 0.312. The van der Waals surface area contributed by atoms with Crippen LogP contribution >= 0.6 is 0 Å². The van der Waals surface area contributed by atoms with Gasteiger partial charge >= 0.3 is 0 Å². The molecular formula is C16H19N5. The number of aryl methyl sites for hydroxylation is 2. The first-order chi connectivity index (χ1) is 10.3. The monoisotopic (exact) mass is 281 g/mol. The maximum absolute atomic E-state index is 5.78. The number of nitrogens with two attached hydrogens (primary N) is 1. The van der Waals surface area contributed by atoms with E-state index in [9.17, 15) is 0 Å². The molecule has 3 aromatic rings. The van der Waals surface area contributed by atoms with Gasteiger partial charge < -0.3 is 5.73 Å². The molecule has 0 saturated carbocycles. The molecule has 0 spiro atoms. The second-order valence-electron chi connectivity index (χ2n) is 4.93. The fourth-order valence-corrected chi connectivity index (χ4v) is 2.44. The standard InChI is InChI=1S/C16H19N5/c1-3-14-19-15(4-2)21(20-14)16-13-8-6-5-7-11(13)9-12(10-17)18-16/h5-9H,3-4,10,17H2,1-2H3. The lowest BCUT2D eigenvalue weighted by Crippen LogP contribution is -2.09. The van der Waals surface area contributed by atoms with Crippen LogP contribution in [0.3, 0.4) is 0 Å². The lowest BCUT2D eigenvalue weighted by atomic mass is 10.1. The van der Waals surface area contributed by atoms with Crippen molar-refractivity contribution in [2.45, 2.75) is 33.2 Å². The Labute approximate surface area is 123 Å². The molecule has 0 bridgehead atoms. The Kier molecular flexibility index (Phi) is 3.66. The molecule has 0 aliphatic carbocycles. The molecule has 0 aliphatic heterocycles. The maximum atomic E-state index is 5.78. The summed E-state index contributed by atoms with van der Waals surface area (Å²) in [5.41, 5.74) is 6.64. The largest absolute Gasteiger partial charge is 0.325 e. The molecule has 2 N–H and O–H groups in total. The summed E-state index contributed by atoms with van der Waals surface area (Å²) >= 11 is 0. The van der Waals surface area contributed by atoms with Gasteiger partial charge in [0.15, 0.2) is 11.6 Å². The number of fused-ring (bicyclic) bond motifs is 1. The van der Waals surface area contributed by atoms with Gasteiger partial charge in [-0.3, -0.25) is 0 Å². The Balaban J connectivity index is 2.30. The molecule has 0 saturated heterocycles. The van der Waals surface area contributed by atoms with Crippen molar-refractivity contribution in [1.29, 1.82) is 0 Å². The predicted octanol–water partition coefficient (Wildman–Crippen LogP) is 2.40. The summed E-state index contributed by atoms with van der Waals surface area (Å²) in [5.74, 6) is 2.59. The van der Waals surface area contributed by atoms with Crippen molar-refractivity contribution in [3.05, 3.63) is 47.7 Å². The lowest BCUT2D eigenvalue weighted by molar-refractivity contribution is 0.768. The molecule has 0 amide bonds. The minimum atomic E-state index is 0.411. The van der Waals surface area contributed by atoms with E-state index >= 15 is 0 Å². The van der Waals surface area contributed by atoms with Crippen LogP contribution in [0.4, 0.5) is 0 Å². The highest BCUT2D eigenvalue weighted by Crippen LogP contribution is 2.22. The molecule has 5 heteroatoms. The zero-order valence-electron chi connectivity index (χ0n) is 12.4. The van der Waals surface area contributed by atoms with Crippen LogP contribution in [-0.4, -0.2) is 19.7 Å². The summed E-state index contributed by atoms with van der Waals surface area (Å²) in [5, 5.41) is 6.79. The van der Waals surface area contributed by atoms with Gasteiger partial charge in [-0.25, -0.2) is 9.97 Å². The van der Waals surface area contributed by atoms with Gasteiger partial charge in [0.25, 0.3) is 0 Å². The molecule has 2 heterocycles. The number of pyridine rings is 1. The van der Waals surface area contributed by atoms with E-state index < -0.39 is 0 Å². The quantitative estimate of drug-likeness (QED) is 0.797. The van der Waals surface area contributed by atoms with Crippen molar-refractivity contribution in [3.8, 4) is 5.82 Å². The van der Waals surface area contributed by atoms with Gasteiger partial charge in [0, 0.05) is 24.8 Å². The van der Waals surface area contributed by atoms with E-state index in [1.807, 2.05) is 22.9 Å². The van der Waals surface area contributed by atoms with Gasteiger partial charge in [-0.15, -0.1) is 5.10 Å². The first-order valence-corrected chi connectivity index (χ1v) is 7.30. The van der Waals surface area contributed by atoms with Gasteiger partial charge in [0.05, 0.1) is 5.69 Å². The van der Waals surface area contributed by atoms with Crippen LogP contribution in [0.25, 0.3) is 16.6 Å². The van der Waals surface area contributed by atoms with Gasteiger partial charge in [0.2, 0.25) is 0 Å². The van der Waals surface area contributed by atoms with Crippen LogP contribution < -0.4 is 5.73 Å². The highest BCUT2D eigenvalue weighted by molar-refractivity contribution is 5.88. The van der Waals surface area contributed by atoms with Crippen molar-refractivity contribution >= 4 is 10.8 Å². The summed E-state index contributed by atoms with van der Waals surface area (Å²) in [6.07, 6.45) is 1.63. The first kappa shape index (κ1) is 13.7. The molecule has 0 atom stereocenters. The Morgan fingerprint density at radius 2 is 1.90 bits per heavy atom. The molecule has 0 aliphatic rings. The summed E-state index contributed by atoms with van der Waals surface area (Å²) in [6.45, 7) is 4.55. The normalized spacial score (nSPS) is 11.2. The van der Waals surface area contributed by atoms with E-state index in [0.29, 0.717) is 6.54 Å². The van der Waals surface area contributed by atoms with Crippen molar-refractivity contribution < 1.29 is 0 Å². The van der Waals surface area contributed by atoms with Crippen LogP contribution in [0.15, 0.2) is 30.3 Å². The summed E-state index contributed by atoms with van der Waals surface area (Å²) in [6, 6.07) is 10.2. The zero-order valence-corrected chi connectivity index (χ0v) is 12.4. The number of aromatic nitrogens is 4. The van der Waals surface area contributed by atoms with Crippen LogP contribution in [0.5, 0.6) is 0 Å². The van der Waals surface area contributed by atoms with Crippen molar-refractivity contribution in [2.75, 3.05) is 0 Å². The third-order valence-corrected chi connectivity index (χ3v) is 3.53. The number of hydrogen-bond acceptors (Lipinski definition) is 4. The molecule has 3 rings (SSSR count). The van der Waals surface area contributed by atoms with E-state index in [1.165, 1.54) is 0 Å². The maximum Gasteiger partial charge on any atom is 0.163 e. The van der Waals surface area contributed by atoms with E-state index in [4.69, 9.17) is 5.73 Å². The Hall–Kier alpha value is -2.27. The number of nitrogens with zero attached hydrogens (tertiary/aromatic N) is 4. The fourth-order valence-electron chi connectivity index (χ4n) is 2.44. The third-order valence-electron chi connectivity index (χ3n) is 3.53. The highest BCUT2D eigenvalue weighted by atomic mass is 15.4. The Bertz CT molecular complexity index is 775. The predicted molar refractivity (Wildman–Crippen MR) is 83.3 cm³/mol. The van der Waals surface area contributed by atoms with Crippen molar-refractivity contribution in [3.63, 3.8) is 0 Å². The van der Waals surface area contributed by atoms with Gasteiger partial charge in [-0.05, 0) is 11.5 Å². The number of hydrogen-bond donors (Lipinski definition) is 1. The van der Waals surface area contributed by atoms with Crippen LogP contribution in [0.1, 0.15) is 31.2 Å². The lowest BCUT2D eigenvalue weighted by Gasteiger charge is -2.10. The van der Waals surface area contributed by atoms with E-state index in [1.54, 1.807) is 0 Å². The van der Waals surface area contributed by atoms with E-state index in [-0.39, 0.29) is 0 Å². The first-order valence-electron chi connectivity index (χ1n) is 7.30. The summed E-state index contributed by atoms with van der Waals surface area (Å²) in [7, 11) is 0. The molecule has 21 heavy (non-hydrogen) atoms. The summed E-state index contributed by atoms with van der Waals surface area (Å²) < 4.78 is 1.86. The smallest absolute Gasteiger partial charge is 0.163 e. The molecular weight excluding hydrogens is 262 g/mol. The Morgan fingerprint density at radius 3 is 2.62 bits per heavy atom. The second kappa shape index (κ2) is 5.61. The minimum Gasteiger partial charge on any atom is -0.325 e. The van der Waals surface area contributed by atoms with E-state index in [2.05, 4.69) is 41.0 Å². The zero-order chi connectivity index (χ0) is 14.8. The Morgan fingerprint density at radius 1 is 1.10 bits per heavy atom. The van der Waals surface area contributed by atoms with Crippen LogP contribution in [0.2, 0.25) is 0 Å². The van der Waals surface area contributed by atoms with Crippen LogP contribution in [-0.2, 0) is 19.4 Å². The summed E-state index contributed by atoms with van der Waals surface area (Å²) in [4.78, 5) is 9.25. The average Bonchev–Trinajstić information content (AvgIpc) is 2.97. The topological polar surface area (TPSA) is 69.6 Å².